The molecule has 0 aromatic carbocycles. The van der Waals surface area contributed by atoms with Gasteiger partial charge < -0.3 is 10.1 Å². The molecule has 3 nitrogen and oxygen atoms in total. The van der Waals surface area contributed by atoms with Gasteiger partial charge in [0.1, 0.15) is 6.61 Å². The molecule has 0 saturated heterocycles. The largest absolute Gasteiger partial charge is 0.372 e. The molecule has 1 unspecified atom stereocenters. The van der Waals surface area contributed by atoms with Crippen LogP contribution >= 0.6 is 11.6 Å². The molecule has 4 heteroatoms. The summed E-state index contributed by atoms with van der Waals surface area (Å²) in [7, 11) is 0. The van der Waals surface area contributed by atoms with E-state index in [0.29, 0.717) is 19.1 Å². The van der Waals surface area contributed by atoms with Crippen LogP contribution in [0.5, 0.6) is 0 Å². The maximum Gasteiger partial charge on any atom is 0.246 e. The van der Waals surface area contributed by atoms with E-state index in [1.807, 2.05) is 6.92 Å². The molecule has 0 bridgehead atoms. The van der Waals surface area contributed by atoms with Gasteiger partial charge in [-0.05, 0) is 25.2 Å². The number of amides is 1. The van der Waals surface area contributed by atoms with Gasteiger partial charge in [-0.2, -0.15) is 0 Å². The van der Waals surface area contributed by atoms with Crippen LogP contribution < -0.4 is 5.32 Å². The van der Waals surface area contributed by atoms with Gasteiger partial charge in [0.15, 0.2) is 0 Å². The minimum Gasteiger partial charge on any atom is -0.372 e. The zero-order valence-electron chi connectivity index (χ0n) is 8.59. The van der Waals surface area contributed by atoms with E-state index >= 15 is 0 Å². The van der Waals surface area contributed by atoms with Crippen LogP contribution in [-0.4, -0.2) is 31.0 Å². The molecule has 1 saturated carbocycles. The summed E-state index contributed by atoms with van der Waals surface area (Å²) in [6, 6.07) is 0. The van der Waals surface area contributed by atoms with Crippen molar-refractivity contribution in [2.45, 2.75) is 31.6 Å². The first-order chi connectivity index (χ1) is 6.74. The number of hydrogen-bond acceptors (Lipinski definition) is 2. The summed E-state index contributed by atoms with van der Waals surface area (Å²) in [6.45, 7) is 3.38. The van der Waals surface area contributed by atoms with Crippen LogP contribution in [0.3, 0.4) is 0 Å². The molecule has 1 aliphatic rings. The van der Waals surface area contributed by atoms with E-state index < -0.39 is 0 Å². The molecule has 0 heterocycles. The lowest BCUT2D eigenvalue weighted by Gasteiger charge is -2.09. The van der Waals surface area contributed by atoms with E-state index in [0.717, 1.165) is 6.42 Å². The van der Waals surface area contributed by atoms with Gasteiger partial charge in [0.25, 0.3) is 0 Å². The van der Waals surface area contributed by atoms with Gasteiger partial charge in [-0.25, -0.2) is 0 Å². The Bertz CT molecular complexity index is 183. The summed E-state index contributed by atoms with van der Waals surface area (Å²) in [5, 5.41) is 2.87. The SMILES string of the molecule is CCCOCC(=O)NCC(Cl)C1CC1. The van der Waals surface area contributed by atoms with Crippen molar-refractivity contribution in [1.82, 2.24) is 5.32 Å². The molecule has 82 valence electrons. The highest BCUT2D eigenvalue weighted by Gasteiger charge is 2.29. The number of rotatable bonds is 7. The molecule has 0 aromatic rings. The van der Waals surface area contributed by atoms with Crippen molar-refractivity contribution < 1.29 is 9.53 Å². The second-order valence-corrected chi connectivity index (χ2v) is 4.27. The lowest BCUT2D eigenvalue weighted by Crippen LogP contribution is -2.33. The Morgan fingerprint density at radius 2 is 2.36 bits per heavy atom. The molecule has 0 spiro atoms. The normalized spacial score (nSPS) is 17.9. The minimum absolute atomic E-state index is 0.0650. The number of hydrogen-bond donors (Lipinski definition) is 1. The third kappa shape index (κ3) is 4.82. The quantitative estimate of drug-likeness (QED) is 0.521. The molecule has 0 radical (unpaired) electrons. The number of carbonyl (C=O) groups is 1. The third-order valence-electron chi connectivity index (χ3n) is 2.21. The predicted molar refractivity (Wildman–Crippen MR) is 56.5 cm³/mol. The highest BCUT2D eigenvalue weighted by atomic mass is 35.5. The highest BCUT2D eigenvalue weighted by molar-refractivity contribution is 6.21. The average Bonchev–Trinajstić information content (AvgIpc) is 2.98. The average molecular weight is 220 g/mol. The van der Waals surface area contributed by atoms with Gasteiger partial charge in [-0.3, -0.25) is 4.79 Å². The Morgan fingerprint density at radius 3 is 2.93 bits per heavy atom. The second kappa shape index (κ2) is 6.25. The molecule has 1 N–H and O–H groups in total. The lowest BCUT2D eigenvalue weighted by atomic mass is 10.3. The Hall–Kier alpha value is -0.280. The predicted octanol–water partition coefficient (Wildman–Crippen LogP) is 1.55. The summed E-state index contributed by atoms with van der Waals surface area (Å²) < 4.78 is 5.10. The van der Waals surface area contributed by atoms with Crippen LogP contribution in [-0.2, 0) is 9.53 Å². The van der Waals surface area contributed by atoms with Crippen molar-refractivity contribution >= 4 is 17.5 Å². The molecule has 14 heavy (non-hydrogen) atoms. The van der Waals surface area contributed by atoms with Crippen molar-refractivity contribution in [3.63, 3.8) is 0 Å². The van der Waals surface area contributed by atoms with Crippen LogP contribution in [0.25, 0.3) is 0 Å². The van der Waals surface area contributed by atoms with E-state index in [-0.39, 0.29) is 17.9 Å². The Balaban J connectivity index is 1.96. The van der Waals surface area contributed by atoms with Gasteiger partial charge in [0.05, 0.1) is 5.38 Å². The van der Waals surface area contributed by atoms with Crippen molar-refractivity contribution in [3.05, 3.63) is 0 Å². The van der Waals surface area contributed by atoms with Gasteiger partial charge in [-0.1, -0.05) is 6.92 Å². The maximum absolute atomic E-state index is 11.2. The standard InChI is InChI=1S/C10H18ClNO2/c1-2-5-14-7-10(13)12-6-9(11)8-3-4-8/h8-9H,2-7H2,1H3,(H,12,13). The van der Waals surface area contributed by atoms with Gasteiger partial charge in [0, 0.05) is 13.2 Å². The van der Waals surface area contributed by atoms with Crippen molar-refractivity contribution in [2.75, 3.05) is 19.8 Å². The van der Waals surface area contributed by atoms with Crippen LogP contribution in [0.1, 0.15) is 26.2 Å². The van der Waals surface area contributed by atoms with Crippen LogP contribution in [0.4, 0.5) is 0 Å². The molecule has 0 aromatic heterocycles. The topological polar surface area (TPSA) is 38.3 Å². The number of ether oxygens (including phenoxy) is 1. The van der Waals surface area contributed by atoms with E-state index in [1.54, 1.807) is 0 Å². The van der Waals surface area contributed by atoms with E-state index in [1.165, 1.54) is 12.8 Å². The molecule has 1 amide bonds. The van der Waals surface area contributed by atoms with Crippen LogP contribution in [0, 0.1) is 5.92 Å². The first-order valence-corrected chi connectivity index (χ1v) is 5.66. The Kier molecular flexibility index (Phi) is 5.26. The maximum atomic E-state index is 11.2. The number of halogens is 1. The molecular weight excluding hydrogens is 202 g/mol. The first kappa shape index (κ1) is 11.8. The molecule has 1 atom stereocenters. The Morgan fingerprint density at radius 1 is 1.64 bits per heavy atom. The molecular formula is C10H18ClNO2. The first-order valence-electron chi connectivity index (χ1n) is 5.22. The number of carbonyl (C=O) groups excluding carboxylic acids is 1. The van der Waals surface area contributed by atoms with E-state index in [2.05, 4.69) is 5.32 Å². The van der Waals surface area contributed by atoms with Crippen molar-refractivity contribution in [2.24, 2.45) is 5.92 Å². The van der Waals surface area contributed by atoms with E-state index in [9.17, 15) is 4.79 Å². The minimum atomic E-state index is -0.0650. The summed E-state index contributed by atoms with van der Waals surface area (Å²) in [5.74, 6) is 0.554. The Labute approximate surface area is 90.1 Å². The number of alkyl halides is 1. The highest BCUT2D eigenvalue weighted by Crippen LogP contribution is 2.35. The number of nitrogens with one attached hydrogen (secondary N) is 1. The van der Waals surface area contributed by atoms with Gasteiger partial charge >= 0.3 is 0 Å². The fourth-order valence-electron chi connectivity index (χ4n) is 1.20. The molecule has 0 aliphatic heterocycles. The zero-order chi connectivity index (χ0) is 10.4. The molecule has 1 fully saturated rings. The van der Waals surface area contributed by atoms with Crippen LogP contribution in [0.2, 0.25) is 0 Å². The van der Waals surface area contributed by atoms with E-state index in [4.69, 9.17) is 16.3 Å². The monoisotopic (exact) mass is 219 g/mol. The summed E-state index contributed by atoms with van der Waals surface area (Å²) in [6.07, 6.45) is 3.35. The van der Waals surface area contributed by atoms with Gasteiger partial charge in [-0.15, -0.1) is 11.6 Å². The second-order valence-electron chi connectivity index (χ2n) is 3.71. The van der Waals surface area contributed by atoms with Crippen molar-refractivity contribution in [3.8, 4) is 0 Å². The van der Waals surface area contributed by atoms with Crippen molar-refractivity contribution in [1.29, 1.82) is 0 Å². The third-order valence-corrected chi connectivity index (χ3v) is 2.72. The fraction of sp³-hybridized carbons (Fsp3) is 0.900. The summed E-state index contributed by atoms with van der Waals surface area (Å²) in [4.78, 5) is 11.2. The fourth-order valence-corrected chi connectivity index (χ4v) is 1.53. The molecule has 1 aliphatic carbocycles. The lowest BCUT2D eigenvalue weighted by molar-refractivity contribution is -0.125. The van der Waals surface area contributed by atoms with Gasteiger partial charge in [0.2, 0.25) is 5.91 Å². The smallest absolute Gasteiger partial charge is 0.246 e. The summed E-state index contributed by atoms with van der Waals surface area (Å²) in [5.41, 5.74) is 0. The molecule has 1 rings (SSSR count). The van der Waals surface area contributed by atoms with Crippen LogP contribution in [0.15, 0.2) is 0 Å². The zero-order valence-corrected chi connectivity index (χ0v) is 9.35. The summed E-state index contributed by atoms with van der Waals surface area (Å²) >= 11 is 6.03.